The lowest BCUT2D eigenvalue weighted by Crippen LogP contribution is -2.56. The first-order chi connectivity index (χ1) is 14.0. The van der Waals surface area contributed by atoms with E-state index >= 15 is 0 Å². The second-order valence-corrected chi connectivity index (χ2v) is 6.85. The zero-order chi connectivity index (χ0) is 20.8. The van der Waals surface area contributed by atoms with Crippen molar-refractivity contribution in [1.29, 1.82) is 0 Å². The zero-order valence-corrected chi connectivity index (χ0v) is 17.3. The molecule has 1 fully saturated rings. The third-order valence-corrected chi connectivity index (χ3v) is 4.68. The summed E-state index contributed by atoms with van der Waals surface area (Å²) in [5.74, 6) is 2.09. The molecular weight excluding hydrogens is 372 g/mol. The summed E-state index contributed by atoms with van der Waals surface area (Å²) in [6, 6.07) is 7.55. The number of ether oxygens (including phenoxy) is 2. The first kappa shape index (κ1) is 20.5. The number of para-hydroxylation sites is 2. The molecule has 0 radical (unpaired) electrons. The molecule has 2 aromatic rings. The molecule has 9 heteroatoms. The van der Waals surface area contributed by atoms with Gasteiger partial charge in [-0.2, -0.15) is 5.10 Å². The van der Waals surface area contributed by atoms with Crippen LogP contribution in [0.4, 0.5) is 5.69 Å². The van der Waals surface area contributed by atoms with E-state index in [0.717, 1.165) is 5.69 Å². The SMILES string of the molecule is CN=C(NCC(C)Oc1ccccc1OC)N1CCN(c2cnn(C)c2)C(=O)C1. The molecule has 1 aliphatic heterocycles. The van der Waals surface area contributed by atoms with Gasteiger partial charge in [0.15, 0.2) is 17.5 Å². The molecule has 0 saturated carbocycles. The van der Waals surface area contributed by atoms with Crippen molar-refractivity contribution in [3.05, 3.63) is 36.7 Å². The number of nitrogens with one attached hydrogen (secondary N) is 1. The Labute approximate surface area is 170 Å². The van der Waals surface area contributed by atoms with Crippen LogP contribution in [0.5, 0.6) is 11.5 Å². The number of hydrogen-bond donors (Lipinski definition) is 1. The maximum atomic E-state index is 12.6. The number of nitrogens with zero attached hydrogens (tertiary/aromatic N) is 5. The molecule has 1 saturated heterocycles. The van der Waals surface area contributed by atoms with E-state index in [0.29, 0.717) is 37.1 Å². The maximum Gasteiger partial charge on any atom is 0.246 e. The second kappa shape index (κ2) is 9.31. The summed E-state index contributed by atoms with van der Waals surface area (Å²) in [5.41, 5.74) is 0.818. The van der Waals surface area contributed by atoms with Crippen molar-refractivity contribution in [2.24, 2.45) is 12.0 Å². The van der Waals surface area contributed by atoms with Gasteiger partial charge in [0.2, 0.25) is 5.91 Å². The maximum absolute atomic E-state index is 12.6. The largest absolute Gasteiger partial charge is 0.493 e. The highest BCUT2D eigenvalue weighted by molar-refractivity contribution is 5.98. The van der Waals surface area contributed by atoms with Crippen molar-refractivity contribution in [1.82, 2.24) is 20.0 Å². The van der Waals surface area contributed by atoms with Gasteiger partial charge in [0.25, 0.3) is 0 Å². The molecule has 0 bridgehead atoms. The van der Waals surface area contributed by atoms with Crippen molar-refractivity contribution >= 4 is 17.6 Å². The number of benzene rings is 1. The Bertz CT molecular complexity index is 865. The molecule has 1 aromatic heterocycles. The Morgan fingerprint density at radius 1 is 1.31 bits per heavy atom. The molecule has 2 heterocycles. The van der Waals surface area contributed by atoms with Gasteiger partial charge in [0.1, 0.15) is 12.6 Å². The van der Waals surface area contributed by atoms with Crippen LogP contribution < -0.4 is 19.7 Å². The van der Waals surface area contributed by atoms with Gasteiger partial charge in [-0.3, -0.25) is 14.5 Å². The van der Waals surface area contributed by atoms with Crippen molar-refractivity contribution in [2.45, 2.75) is 13.0 Å². The van der Waals surface area contributed by atoms with E-state index < -0.39 is 0 Å². The second-order valence-electron chi connectivity index (χ2n) is 6.85. The number of anilines is 1. The normalized spacial score (nSPS) is 16.0. The Morgan fingerprint density at radius 2 is 2.07 bits per heavy atom. The fraction of sp³-hybridized carbons (Fsp3) is 0.450. The molecular formula is C20H28N6O3. The summed E-state index contributed by atoms with van der Waals surface area (Å²) in [4.78, 5) is 20.6. The van der Waals surface area contributed by atoms with Crippen LogP contribution in [0.3, 0.4) is 0 Å². The van der Waals surface area contributed by atoms with Gasteiger partial charge in [-0.05, 0) is 19.1 Å². The molecule has 156 valence electrons. The molecule has 9 nitrogen and oxygen atoms in total. The molecule has 1 amide bonds. The van der Waals surface area contributed by atoms with Gasteiger partial charge in [0, 0.05) is 33.4 Å². The van der Waals surface area contributed by atoms with E-state index in [-0.39, 0.29) is 18.6 Å². The highest BCUT2D eigenvalue weighted by Gasteiger charge is 2.27. The molecule has 1 unspecified atom stereocenters. The van der Waals surface area contributed by atoms with E-state index in [4.69, 9.17) is 9.47 Å². The van der Waals surface area contributed by atoms with Crippen molar-refractivity contribution < 1.29 is 14.3 Å². The van der Waals surface area contributed by atoms with Crippen LogP contribution in [-0.2, 0) is 11.8 Å². The minimum atomic E-state index is -0.115. The number of aliphatic imine (C=N–C) groups is 1. The average molecular weight is 400 g/mol. The molecule has 3 rings (SSSR count). The van der Waals surface area contributed by atoms with Crippen LogP contribution in [0.2, 0.25) is 0 Å². The summed E-state index contributed by atoms with van der Waals surface area (Å²) in [6.45, 7) is 4.04. The summed E-state index contributed by atoms with van der Waals surface area (Å²) in [7, 11) is 5.17. The number of guanidine groups is 1. The fourth-order valence-electron chi connectivity index (χ4n) is 3.22. The average Bonchev–Trinajstić information content (AvgIpc) is 3.15. The molecule has 1 N–H and O–H groups in total. The number of carbonyl (C=O) groups excluding carboxylic acids is 1. The quantitative estimate of drug-likeness (QED) is 0.578. The highest BCUT2D eigenvalue weighted by Crippen LogP contribution is 2.26. The highest BCUT2D eigenvalue weighted by atomic mass is 16.5. The van der Waals surface area contributed by atoms with Gasteiger partial charge >= 0.3 is 0 Å². The monoisotopic (exact) mass is 400 g/mol. The van der Waals surface area contributed by atoms with Crippen LogP contribution in [0, 0.1) is 0 Å². The number of methoxy groups -OCH3 is 1. The van der Waals surface area contributed by atoms with Gasteiger partial charge in [-0.15, -0.1) is 0 Å². The topological polar surface area (TPSA) is 84.2 Å². The van der Waals surface area contributed by atoms with Crippen LogP contribution >= 0.6 is 0 Å². The van der Waals surface area contributed by atoms with Crippen molar-refractivity contribution in [3.8, 4) is 11.5 Å². The number of rotatable bonds is 6. The van der Waals surface area contributed by atoms with E-state index in [2.05, 4.69) is 15.4 Å². The molecule has 0 aliphatic carbocycles. The minimum absolute atomic E-state index is 0.0190. The number of piperazine rings is 1. The Kier molecular flexibility index (Phi) is 6.58. The lowest BCUT2D eigenvalue weighted by Gasteiger charge is -2.35. The summed E-state index contributed by atoms with van der Waals surface area (Å²) >= 11 is 0. The summed E-state index contributed by atoms with van der Waals surface area (Å²) in [5, 5.41) is 7.44. The van der Waals surface area contributed by atoms with E-state index in [9.17, 15) is 4.79 Å². The van der Waals surface area contributed by atoms with E-state index in [1.165, 1.54) is 0 Å². The van der Waals surface area contributed by atoms with Gasteiger partial charge in [-0.25, -0.2) is 0 Å². The molecule has 29 heavy (non-hydrogen) atoms. The minimum Gasteiger partial charge on any atom is -0.493 e. The van der Waals surface area contributed by atoms with E-state index in [1.807, 2.05) is 49.3 Å². The van der Waals surface area contributed by atoms with Gasteiger partial charge in [-0.1, -0.05) is 12.1 Å². The molecule has 0 spiro atoms. The Hall–Kier alpha value is -3.23. The molecule has 1 aliphatic rings. The smallest absolute Gasteiger partial charge is 0.246 e. The predicted octanol–water partition coefficient (Wildman–Crippen LogP) is 1.12. The number of amides is 1. The number of aryl methyl sites for hydroxylation is 1. The molecule has 1 atom stereocenters. The third-order valence-electron chi connectivity index (χ3n) is 4.68. The van der Waals surface area contributed by atoms with E-state index in [1.54, 1.807) is 29.9 Å². The summed E-state index contributed by atoms with van der Waals surface area (Å²) < 4.78 is 13.0. The first-order valence-corrected chi connectivity index (χ1v) is 9.56. The lowest BCUT2D eigenvalue weighted by molar-refractivity contribution is -0.120. The fourth-order valence-corrected chi connectivity index (χ4v) is 3.22. The van der Waals surface area contributed by atoms with Gasteiger partial charge in [0.05, 0.1) is 25.5 Å². The van der Waals surface area contributed by atoms with Gasteiger partial charge < -0.3 is 24.6 Å². The standard InChI is InChI=1S/C20H28N6O3/c1-15(29-18-8-6-5-7-17(18)28-4)11-22-20(21-2)25-9-10-26(19(27)14-25)16-12-23-24(3)13-16/h5-8,12-13,15H,9-11,14H2,1-4H3,(H,21,22). The Morgan fingerprint density at radius 3 is 2.69 bits per heavy atom. The first-order valence-electron chi connectivity index (χ1n) is 9.56. The number of carbonyl (C=O) groups is 1. The third kappa shape index (κ3) is 4.98. The number of aromatic nitrogens is 2. The number of hydrogen-bond acceptors (Lipinski definition) is 5. The van der Waals surface area contributed by atoms with Crippen LogP contribution in [0.15, 0.2) is 41.7 Å². The zero-order valence-electron chi connectivity index (χ0n) is 17.3. The van der Waals surface area contributed by atoms with Crippen molar-refractivity contribution in [2.75, 3.05) is 45.2 Å². The van der Waals surface area contributed by atoms with Crippen LogP contribution in [-0.4, -0.2) is 73.0 Å². The molecule has 1 aromatic carbocycles. The van der Waals surface area contributed by atoms with Crippen LogP contribution in [0.1, 0.15) is 6.92 Å². The Balaban J connectivity index is 1.53. The summed E-state index contributed by atoms with van der Waals surface area (Å²) in [6.07, 6.45) is 3.44. The lowest BCUT2D eigenvalue weighted by atomic mass is 10.3. The van der Waals surface area contributed by atoms with Crippen LogP contribution in [0.25, 0.3) is 0 Å². The van der Waals surface area contributed by atoms with Crippen molar-refractivity contribution in [3.63, 3.8) is 0 Å². The predicted molar refractivity (Wildman–Crippen MR) is 112 cm³/mol.